The molecule has 0 unspecified atom stereocenters. The molecule has 1 heterocycles. The van der Waals surface area contributed by atoms with Gasteiger partial charge in [-0.05, 0) is 25.2 Å². The van der Waals surface area contributed by atoms with Gasteiger partial charge in [-0.2, -0.15) is 5.10 Å². The molecule has 1 aliphatic carbocycles. The van der Waals surface area contributed by atoms with Gasteiger partial charge in [-0.15, -0.1) is 0 Å². The Morgan fingerprint density at radius 2 is 2.43 bits per heavy atom. The van der Waals surface area contributed by atoms with E-state index < -0.39 is 0 Å². The Bertz CT molecular complexity index is 355. The first-order chi connectivity index (χ1) is 6.70. The lowest BCUT2D eigenvalue weighted by Gasteiger charge is -1.95. The third kappa shape index (κ3) is 1.76. The fourth-order valence-corrected chi connectivity index (χ4v) is 1.51. The Labute approximate surface area is 81.9 Å². The van der Waals surface area contributed by atoms with Gasteiger partial charge in [-0.25, -0.2) is 0 Å². The van der Waals surface area contributed by atoms with Gasteiger partial charge in [-0.3, -0.25) is 14.8 Å². The smallest absolute Gasteiger partial charge is 0.265 e. The largest absolute Gasteiger partial charge is 0.310 e. The van der Waals surface area contributed by atoms with E-state index in [1.807, 2.05) is 6.92 Å². The molecule has 1 saturated carbocycles. The van der Waals surface area contributed by atoms with Crippen LogP contribution >= 0.6 is 0 Å². The highest BCUT2D eigenvalue weighted by Gasteiger charge is 2.24. The minimum atomic E-state index is -0.352. The number of aromatic nitrogens is 2. The summed E-state index contributed by atoms with van der Waals surface area (Å²) >= 11 is 0. The Balaban J connectivity index is 2.20. The topological polar surface area (TPSA) is 61.0 Å². The van der Waals surface area contributed by atoms with Crippen molar-refractivity contribution in [3.8, 4) is 0 Å². The molecule has 0 aromatic carbocycles. The SMILES string of the molecule is CCc1nn(CC2CC2)cc1[N+](=O)[O-]. The Morgan fingerprint density at radius 3 is 2.86 bits per heavy atom. The second-order valence-corrected chi connectivity index (χ2v) is 3.74. The molecule has 0 bridgehead atoms. The molecular weight excluding hydrogens is 182 g/mol. The van der Waals surface area contributed by atoms with Crippen molar-refractivity contribution >= 4 is 5.69 Å². The van der Waals surface area contributed by atoms with Gasteiger partial charge in [0.25, 0.3) is 0 Å². The summed E-state index contributed by atoms with van der Waals surface area (Å²) in [4.78, 5) is 10.3. The maximum absolute atomic E-state index is 10.6. The van der Waals surface area contributed by atoms with Crippen LogP contribution in [0.3, 0.4) is 0 Å². The van der Waals surface area contributed by atoms with Gasteiger partial charge in [0.05, 0.1) is 4.92 Å². The van der Waals surface area contributed by atoms with Gasteiger partial charge in [0.1, 0.15) is 11.9 Å². The van der Waals surface area contributed by atoms with Crippen LogP contribution in [0.1, 0.15) is 25.5 Å². The second-order valence-electron chi connectivity index (χ2n) is 3.74. The first-order valence-corrected chi connectivity index (χ1v) is 4.91. The lowest BCUT2D eigenvalue weighted by Crippen LogP contribution is -2.00. The van der Waals surface area contributed by atoms with Crippen molar-refractivity contribution in [3.05, 3.63) is 22.0 Å². The molecule has 0 saturated heterocycles. The fraction of sp³-hybridized carbons (Fsp3) is 0.667. The predicted octanol–water partition coefficient (Wildman–Crippen LogP) is 1.76. The van der Waals surface area contributed by atoms with Crippen LogP contribution in [-0.2, 0) is 13.0 Å². The number of aryl methyl sites for hydroxylation is 1. The second kappa shape index (κ2) is 3.40. The van der Waals surface area contributed by atoms with Crippen LogP contribution in [0.25, 0.3) is 0 Å². The highest BCUT2D eigenvalue weighted by atomic mass is 16.6. The molecule has 14 heavy (non-hydrogen) atoms. The molecule has 0 amide bonds. The summed E-state index contributed by atoms with van der Waals surface area (Å²) in [6.07, 6.45) is 4.63. The summed E-state index contributed by atoms with van der Waals surface area (Å²) < 4.78 is 1.72. The van der Waals surface area contributed by atoms with E-state index in [-0.39, 0.29) is 10.6 Å². The Kier molecular flexibility index (Phi) is 2.23. The van der Waals surface area contributed by atoms with Gasteiger partial charge < -0.3 is 0 Å². The Hall–Kier alpha value is -1.39. The number of hydrogen-bond acceptors (Lipinski definition) is 3. The van der Waals surface area contributed by atoms with Crippen LogP contribution in [0.2, 0.25) is 0 Å². The van der Waals surface area contributed by atoms with Crippen molar-refractivity contribution in [2.24, 2.45) is 5.92 Å². The van der Waals surface area contributed by atoms with E-state index in [0.717, 1.165) is 6.54 Å². The third-order valence-corrected chi connectivity index (χ3v) is 2.49. The monoisotopic (exact) mass is 195 g/mol. The van der Waals surface area contributed by atoms with Crippen molar-refractivity contribution in [2.45, 2.75) is 32.7 Å². The molecule has 1 aromatic heterocycles. The molecule has 2 rings (SSSR count). The average Bonchev–Trinajstić information content (AvgIpc) is 2.83. The maximum atomic E-state index is 10.6. The molecular formula is C9H13N3O2. The normalized spacial score (nSPS) is 15.8. The zero-order valence-electron chi connectivity index (χ0n) is 8.14. The Morgan fingerprint density at radius 1 is 1.71 bits per heavy atom. The van der Waals surface area contributed by atoms with Gasteiger partial charge >= 0.3 is 5.69 Å². The number of hydrogen-bond donors (Lipinski definition) is 0. The predicted molar refractivity (Wildman–Crippen MR) is 51.0 cm³/mol. The lowest BCUT2D eigenvalue weighted by atomic mass is 10.3. The third-order valence-electron chi connectivity index (χ3n) is 2.49. The van der Waals surface area contributed by atoms with Gasteiger partial charge in [0, 0.05) is 6.54 Å². The van der Waals surface area contributed by atoms with Gasteiger partial charge in [-0.1, -0.05) is 6.92 Å². The van der Waals surface area contributed by atoms with E-state index in [1.165, 1.54) is 12.8 Å². The first-order valence-electron chi connectivity index (χ1n) is 4.91. The van der Waals surface area contributed by atoms with Crippen molar-refractivity contribution in [2.75, 3.05) is 0 Å². The summed E-state index contributed by atoms with van der Waals surface area (Å²) in [5, 5.41) is 14.9. The molecule has 5 nitrogen and oxygen atoms in total. The van der Waals surface area contributed by atoms with Crippen molar-refractivity contribution in [3.63, 3.8) is 0 Å². The molecule has 0 radical (unpaired) electrons. The quantitative estimate of drug-likeness (QED) is 0.543. The molecule has 5 heteroatoms. The molecule has 76 valence electrons. The van der Waals surface area contributed by atoms with Crippen molar-refractivity contribution < 1.29 is 4.92 Å². The average molecular weight is 195 g/mol. The highest BCUT2D eigenvalue weighted by molar-refractivity contribution is 5.32. The summed E-state index contributed by atoms with van der Waals surface area (Å²) in [5.74, 6) is 0.694. The van der Waals surface area contributed by atoms with E-state index in [9.17, 15) is 10.1 Å². The van der Waals surface area contributed by atoms with E-state index >= 15 is 0 Å². The van der Waals surface area contributed by atoms with Crippen LogP contribution in [0.5, 0.6) is 0 Å². The number of nitro groups is 1. The van der Waals surface area contributed by atoms with Crippen LogP contribution in [0.4, 0.5) is 5.69 Å². The summed E-state index contributed by atoms with van der Waals surface area (Å²) in [6, 6.07) is 0. The minimum Gasteiger partial charge on any atom is -0.265 e. The van der Waals surface area contributed by atoms with Gasteiger partial charge in [0.15, 0.2) is 0 Å². The maximum Gasteiger partial charge on any atom is 0.310 e. The van der Waals surface area contributed by atoms with Crippen LogP contribution in [-0.4, -0.2) is 14.7 Å². The highest BCUT2D eigenvalue weighted by Crippen LogP contribution is 2.31. The number of rotatable bonds is 4. The van der Waals surface area contributed by atoms with E-state index in [2.05, 4.69) is 5.10 Å². The zero-order valence-corrected chi connectivity index (χ0v) is 8.14. The van der Waals surface area contributed by atoms with Crippen LogP contribution in [0, 0.1) is 16.0 Å². The first kappa shape index (κ1) is 9.18. The zero-order chi connectivity index (χ0) is 10.1. The molecule has 0 atom stereocenters. The van der Waals surface area contributed by atoms with Crippen LogP contribution in [0.15, 0.2) is 6.20 Å². The summed E-state index contributed by atoms with van der Waals surface area (Å²) in [5.41, 5.74) is 0.754. The standard InChI is InChI=1S/C9H13N3O2/c1-2-8-9(12(13)14)6-11(10-8)5-7-3-4-7/h6-7H,2-5H2,1H3. The number of nitrogens with zero attached hydrogens (tertiary/aromatic N) is 3. The molecule has 1 fully saturated rings. The molecule has 1 aromatic rings. The summed E-state index contributed by atoms with van der Waals surface area (Å²) in [6.45, 7) is 2.72. The minimum absolute atomic E-state index is 0.160. The fourth-order valence-electron chi connectivity index (χ4n) is 1.51. The molecule has 0 spiro atoms. The molecule has 0 N–H and O–H groups in total. The summed E-state index contributed by atoms with van der Waals surface area (Å²) in [7, 11) is 0. The van der Waals surface area contributed by atoms with Crippen LogP contribution < -0.4 is 0 Å². The van der Waals surface area contributed by atoms with E-state index in [1.54, 1.807) is 10.9 Å². The van der Waals surface area contributed by atoms with Crippen molar-refractivity contribution in [1.82, 2.24) is 9.78 Å². The molecule has 0 aliphatic heterocycles. The van der Waals surface area contributed by atoms with Gasteiger partial charge in [0.2, 0.25) is 0 Å². The van der Waals surface area contributed by atoms with E-state index in [0.29, 0.717) is 18.0 Å². The lowest BCUT2D eigenvalue weighted by molar-refractivity contribution is -0.385. The van der Waals surface area contributed by atoms with Crippen molar-refractivity contribution in [1.29, 1.82) is 0 Å². The molecule has 1 aliphatic rings. The van der Waals surface area contributed by atoms with E-state index in [4.69, 9.17) is 0 Å².